The molecular weight excluding hydrogens is 202 g/mol. The number of nitrogens with zero attached hydrogens (tertiary/aromatic N) is 2. The first-order chi connectivity index (χ1) is 7.29. The van der Waals surface area contributed by atoms with E-state index in [2.05, 4.69) is 25.8 Å². The molecule has 0 aromatic rings. The average Bonchev–Trinajstić information content (AvgIpc) is 2.24. The zero-order valence-corrected chi connectivity index (χ0v) is 11.2. The van der Waals surface area contributed by atoms with Gasteiger partial charge in [-0.3, -0.25) is 9.69 Å². The fourth-order valence-electron chi connectivity index (χ4n) is 2.09. The molecule has 4 heteroatoms. The summed E-state index contributed by atoms with van der Waals surface area (Å²) >= 11 is 0. The maximum absolute atomic E-state index is 12.3. The summed E-state index contributed by atoms with van der Waals surface area (Å²) in [7, 11) is 2.12. The van der Waals surface area contributed by atoms with Crippen LogP contribution < -0.4 is 5.73 Å². The summed E-state index contributed by atoms with van der Waals surface area (Å²) in [5, 5.41) is 0. The molecule has 0 aliphatic carbocycles. The van der Waals surface area contributed by atoms with Gasteiger partial charge in [0.2, 0.25) is 5.91 Å². The first-order valence-electron chi connectivity index (χ1n) is 6.01. The topological polar surface area (TPSA) is 49.6 Å². The van der Waals surface area contributed by atoms with E-state index >= 15 is 0 Å². The number of nitrogens with two attached hydrogens (primary N) is 1. The lowest BCUT2D eigenvalue weighted by atomic mass is 9.91. The van der Waals surface area contributed by atoms with E-state index in [4.69, 9.17) is 5.73 Å². The molecule has 16 heavy (non-hydrogen) atoms. The molecule has 0 bridgehead atoms. The Balaban J connectivity index is 2.72. The summed E-state index contributed by atoms with van der Waals surface area (Å²) in [5.41, 5.74) is 5.22. The van der Waals surface area contributed by atoms with Crippen LogP contribution in [0.25, 0.3) is 0 Å². The van der Waals surface area contributed by atoms with Gasteiger partial charge in [0.05, 0.1) is 5.41 Å². The highest BCUT2D eigenvalue weighted by atomic mass is 16.2. The van der Waals surface area contributed by atoms with Crippen molar-refractivity contribution in [1.29, 1.82) is 0 Å². The highest BCUT2D eigenvalue weighted by Crippen LogP contribution is 2.21. The third-order valence-electron chi connectivity index (χ3n) is 3.74. The van der Waals surface area contributed by atoms with Gasteiger partial charge in [-0.2, -0.15) is 0 Å². The number of piperazine rings is 1. The van der Waals surface area contributed by atoms with Gasteiger partial charge >= 0.3 is 0 Å². The van der Waals surface area contributed by atoms with Crippen LogP contribution in [0.5, 0.6) is 0 Å². The summed E-state index contributed by atoms with van der Waals surface area (Å²) in [5.74, 6) is 0.182. The van der Waals surface area contributed by atoms with Gasteiger partial charge in [-0.05, 0) is 34.7 Å². The molecule has 1 aliphatic heterocycles. The lowest BCUT2D eigenvalue weighted by molar-refractivity contribution is -0.143. The van der Waals surface area contributed by atoms with E-state index in [1.807, 2.05) is 18.7 Å². The molecule has 1 amide bonds. The van der Waals surface area contributed by atoms with Crippen molar-refractivity contribution < 1.29 is 4.79 Å². The molecular formula is C12H25N3O. The maximum atomic E-state index is 12.3. The Labute approximate surface area is 98.8 Å². The van der Waals surface area contributed by atoms with E-state index in [1.54, 1.807) is 0 Å². The molecule has 2 atom stereocenters. The molecule has 1 saturated heterocycles. The second-order valence-electron chi connectivity index (χ2n) is 5.66. The highest BCUT2D eigenvalue weighted by molar-refractivity contribution is 5.82. The van der Waals surface area contributed by atoms with Gasteiger partial charge in [-0.1, -0.05) is 0 Å². The van der Waals surface area contributed by atoms with Gasteiger partial charge in [-0.15, -0.1) is 0 Å². The largest absolute Gasteiger partial charge is 0.339 e. The number of rotatable bonds is 2. The SMILES string of the molecule is CC1CN(C(=O)C(C)(C)CN)CC(C)N1C. The van der Waals surface area contributed by atoms with Gasteiger partial charge < -0.3 is 10.6 Å². The lowest BCUT2D eigenvalue weighted by Crippen LogP contribution is -2.59. The van der Waals surface area contributed by atoms with Gasteiger partial charge in [0.15, 0.2) is 0 Å². The Kier molecular flexibility index (Phi) is 3.97. The second kappa shape index (κ2) is 4.72. The van der Waals surface area contributed by atoms with Crippen LogP contribution in [0.3, 0.4) is 0 Å². The number of carbonyl (C=O) groups is 1. The minimum Gasteiger partial charge on any atom is -0.339 e. The van der Waals surface area contributed by atoms with Crippen LogP contribution in [0, 0.1) is 5.41 Å². The van der Waals surface area contributed by atoms with Crippen LogP contribution in [0.2, 0.25) is 0 Å². The molecule has 0 aromatic heterocycles. The van der Waals surface area contributed by atoms with E-state index in [0.29, 0.717) is 18.6 Å². The summed E-state index contributed by atoms with van der Waals surface area (Å²) in [4.78, 5) is 16.6. The first kappa shape index (κ1) is 13.5. The number of amides is 1. The van der Waals surface area contributed by atoms with Crippen LogP contribution in [-0.4, -0.2) is 54.5 Å². The molecule has 0 radical (unpaired) electrons. The van der Waals surface area contributed by atoms with Crippen LogP contribution in [0.15, 0.2) is 0 Å². The number of carbonyl (C=O) groups excluding carboxylic acids is 1. The summed E-state index contributed by atoms with van der Waals surface area (Å²) in [6.07, 6.45) is 0. The predicted molar refractivity (Wildman–Crippen MR) is 66.1 cm³/mol. The Morgan fingerprint density at radius 3 is 2.12 bits per heavy atom. The number of hydrogen-bond donors (Lipinski definition) is 1. The summed E-state index contributed by atoms with van der Waals surface area (Å²) in [6, 6.07) is 0.836. The minimum absolute atomic E-state index is 0.182. The summed E-state index contributed by atoms with van der Waals surface area (Å²) < 4.78 is 0. The smallest absolute Gasteiger partial charge is 0.229 e. The van der Waals surface area contributed by atoms with E-state index < -0.39 is 5.41 Å². The monoisotopic (exact) mass is 227 g/mol. The highest BCUT2D eigenvalue weighted by Gasteiger charge is 2.35. The van der Waals surface area contributed by atoms with Crippen LogP contribution in [0.1, 0.15) is 27.7 Å². The van der Waals surface area contributed by atoms with E-state index in [-0.39, 0.29) is 5.91 Å². The van der Waals surface area contributed by atoms with Gasteiger partial charge in [-0.25, -0.2) is 0 Å². The van der Waals surface area contributed by atoms with Gasteiger partial charge in [0.1, 0.15) is 0 Å². The molecule has 4 nitrogen and oxygen atoms in total. The standard InChI is InChI=1S/C12H25N3O/c1-9-6-15(7-10(2)14(9)5)11(16)12(3,4)8-13/h9-10H,6-8,13H2,1-5H3. The normalized spacial score (nSPS) is 28.2. The minimum atomic E-state index is -0.435. The quantitative estimate of drug-likeness (QED) is 0.748. The first-order valence-corrected chi connectivity index (χ1v) is 6.01. The van der Waals surface area contributed by atoms with E-state index in [0.717, 1.165) is 13.1 Å². The Hall–Kier alpha value is -0.610. The van der Waals surface area contributed by atoms with Crippen molar-refractivity contribution in [3.63, 3.8) is 0 Å². The molecule has 0 saturated carbocycles. The Bertz CT molecular complexity index is 253. The van der Waals surface area contributed by atoms with E-state index in [1.165, 1.54) is 0 Å². The van der Waals surface area contributed by atoms with E-state index in [9.17, 15) is 4.79 Å². The molecule has 0 spiro atoms. The predicted octanol–water partition coefficient (Wildman–Crippen LogP) is 0.522. The van der Waals surface area contributed by atoms with Crippen molar-refractivity contribution in [3.05, 3.63) is 0 Å². The fourth-order valence-corrected chi connectivity index (χ4v) is 2.09. The molecule has 2 unspecified atom stereocenters. The third-order valence-corrected chi connectivity index (χ3v) is 3.74. The molecule has 94 valence electrons. The molecule has 1 fully saturated rings. The molecule has 2 N–H and O–H groups in total. The van der Waals surface area contributed by atoms with Crippen molar-refractivity contribution in [2.45, 2.75) is 39.8 Å². The Morgan fingerprint density at radius 2 is 1.75 bits per heavy atom. The molecule has 1 heterocycles. The van der Waals surface area contributed by atoms with Crippen molar-refractivity contribution in [1.82, 2.24) is 9.80 Å². The van der Waals surface area contributed by atoms with Crippen molar-refractivity contribution in [3.8, 4) is 0 Å². The van der Waals surface area contributed by atoms with Gasteiger partial charge in [0, 0.05) is 31.7 Å². The van der Waals surface area contributed by atoms with Crippen LogP contribution in [-0.2, 0) is 4.79 Å². The number of hydrogen-bond acceptors (Lipinski definition) is 3. The zero-order valence-electron chi connectivity index (χ0n) is 11.2. The molecule has 1 aliphatic rings. The Morgan fingerprint density at radius 1 is 1.31 bits per heavy atom. The second-order valence-corrected chi connectivity index (χ2v) is 5.66. The average molecular weight is 227 g/mol. The van der Waals surface area contributed by atoms with Gasteiger partial charge in [0.25, 0.3) is 0 Å². The molecule has 0 aromatic carbocycles. The maximum Gasteiger partial charge on any atom is 0.229 e. The van der Waals surface area contributed by atoms with Crippen molar-refractivity contribution in [2.75, 3.05) is 26.7 Å². The van der Waals surface area contributed by atoms with Crippen LogP contribution >= 0.6 is 0 Å². The zero-order chi connectivity index (χ0) is 12.5. The molecule has 1 rings (SSSR count). The number of likely N-dealkylation sites (N-methyl/N-ethyl adjacent to an activating group) is 1. The van der Waals surface area contributed by atoms with Crippen LogP contribution in [0.4, 0.5) is 0 Å². The van der Waals surface area contributed by atoms with Crippen molar-refractivity contribution >= 4 is 5.91 Å². The third kappa shape index (κ3) is 2.55. The summed E-state index contributed by atoms with van der Waals surface area (Å²) in [6.45, 7) is 10.2. The van der Waals surface area contributed by atoms with Crippen molar-refractivity contribution in [2.24, 2.45) is 11.1 Å². The fraction of sp³-hybridized carbons (Fsp3) is 0.917. The lowest BCUT2D eigenvalue weighted by Gasteiger charge is -2.44.